The number of nitrogens with one attached hydrogen (secondary N) is 1. The van der Waals surface area contributed by atoms with Crippen molar-refractivity contribution in [1.29, 1.82) is 0 Å². The fraction of sp³-hybridized carbons (Fsp3) is 0.500. The van der Waals surface area contributed by atoms with E-state index < -0.39 is 0 Å². The van der Waals surface area contributed by atoms with E-state index in [1.165, 1.54) is 4.90 Å². The van der Waals surface area contributed by atoms with Gasteiger partial charge < -0.3 is 10.1 Å². The van der Waals surface area contributed by atoms with Crippen LogP contribution in [-0.4, -0.2) is 32.6 Å². The van der Waals surface area contributed by atoms with Crippen molar-refractivity contribution in [1.82, 2.24) is 5.32 Å². The number of rotatable bonds is 8. The molecule has 4 heteroatoms. The summed E-state index contributed by atoms with van der Waals surface area (Å²) in [5.41, 5.74) is 0. The highest BCUT2D eigenvalue weighted by Gasteiger charge is 1.94. The van der Waals surface area contributed by atoms with Crippen LogP contribution in [0.15, 0.2) is 29.2 Å². The second kappa shape index (κ2) is 8.88. The molecule has 0 unspecified atom stereocenters. The molecule has 0 amide bonds. The minimum Gasteiger partial charge on any atom is -0.385 e. The summed E-state index contributed by atoms with van der Waals surface area (Å²) in [7, 11) is 1.73. The lowest BCUT2D eigenvalue weighted by molar-refractivity contribution is 0.194. The summed E-state index contributed by atoms with van der Waals surface area (Å²) < 4.78 is 4.97. The average Bonchev–Trinajstić information content (AvgIpc) is 2.28. The quantitative estimate of drug-likeness (QED) is 0.573. The molecule has 0 fully saturated rings. The first kappa shape index (κ1) is 13.8. The van der Waals surface area contributed by atoms with E-state index in [1.54, 1.807) is 7.11 Å². The second-order valence-corrected chi connectivity index (χ2v) is 5.01. The standard InChI is InChI=1S/C12H18ClNOS/c1-15-8-3-6-14-7-9-16-12-5-2-4-11(13)10-12/h2,4-5,10,14H,3,6-9H2,1H3. The lowest BCUT2D eigenvalue weighted by Gasteiger charge is -2.04. The molecule has 0 spiro atoms. The van der Waals surface area contributed by atoms with E-state index in [-0.39, 0.29) is 0 Å². The molecule has 0 heterocycles. The SMILES string of the molecule is COCCCNCCSc1cccc(Cl)c1. The van der Waals surface area contributed by atoms with Gasteiger partial charge in [-0.2, -0.15) is 0 Å². The first-order valence-corrected chi connectivity index (χ1v) is 6.77. The van der Waals surface area contributed by atoms with Crippen LogP contribution in [0, 0.1) is 0 Å². The molecule has 2 nitrogen and oxygen atoms in total. The molecule has 0 saturated heterocycles. The Hall–Kier alpha value is -0.220. The van der Waals surface area contributed by atoms with E-state index in [0.717, 1.165) is 36.9 Å². The molecule has 16 heavy (non-hydrogen) atoms. The summed E-state index contributed by atoms with van der Waals surface area (Å²) in [6, 6.07) is 7.96. The highest BCUT2D eigenvalue weighted by molar-refractivity contribution is 7.99. The van der Waals surface area contributed by atoms with Gasteiger partial charge in [-0.1, -0.05) is 17.7 Å². The van der Waals surface area contributed by atoms with Crippen LogP contribution in [-0.2, 0) is 4.74 Å². The molecule has 1 aromatic rings. The normalized spacial score (nSPS) is 10.6. The van der Waals surface area contributed by atoms with Crippen LogP contribution in [0.1, 0.15) is 6.42 Å². The van der Waals surface area contributed by atoms with Crippen LogP contribution >= 0.6 is 23.4 Å². The van der Waals surface area contributed by atoms with E-state index in [1.807, 2.05) is 30.0 Å². The summed E-state index contributed by atoms with van der Waals surface area (Å²) >= 11 is 7.72. The molecule has 0 aliphatic rings. The number of methoxy groups -OCH3 is 1. The maximum absolute atomic E-state index is 5.90. The lowest BCUT2D eigenvalue weighted by Crippen LogP contribution is -2.19. The van der Waals surface area contributed by atoms with Gasteiger partial charge in [0.2, 0.25) is 0 Å². The van der Waals surface area contributed by atoms with Crippen LogP contribution in [0.5, 0.6) is 0 Å². The monoisotopic (exact) mass is 259 g/mol. The Labute approximate surface area is 107 Å². The third kappa shape index (κ3) is 6.38. The average molecular weight is 260 g/mol. The van der Waals surface area contributed by atoms with Gasteiger partial charge in [0.05, 0.1) is 0 Å². The fourth-order valence-corrected chi connectivity index (χ4v) is 2.39. The number of halogens is 1. The molecule has 0 atom stereocenters. The summed E-state index contributed by atoms with van der Waals surface area (Å²) in [6.45, 7) is 2.86. The Kier molecular flexibility index (Phi) is 7.68. The van der Waals surface area contributed by atoms with E-state index >= 15 is 0 Å². The Bertz CT molecular complexity index is 296. The van der Waals surface area contributed by atoms with Crippen molar-refractivity contribution in [3.05, 3.63) is 29.3 Å². The van der Waals surface area contributed by atoms with Crippen LogP contribution < -0.4 is 5.32 Å². The van der Waals surface area contributed by atoms with Gasteiger partial charge in [-0.25, -0.2) is 0 Å². The highest BCUT2D eigenvalue weighted by atomic mass is 35.5. The molecule has 0 radical (unpaired) electrons. The predicted octanol–water partition coefficient (Wildman–Crippen LogP) is 3.06. The number of thioether (sulfide) groups is 1. The molecular formula is C12H18ClNOS. The molecule has 0 bridgehead atoms. The van der Waals surface area contributed by atoms with Gasteiger partial charge in [0.1, 0.15) is 0 Å². The Morgan fingerprint density at radius 2 is 2.25 bits per heavy atom. The van der Waals surface area contributed by atoms with Crippen molar-refractivity contribution in [2.75, 3.05) is 32.6 Å². The summed E-state index contributed by atoms with van der Waals surface area (Å²) in [6.07, 6.45) is 1.07. The van der Waals surface area contributed by atoms with Crippen molar-refractivity contribution < 1.29 is 4.74 Å². The van der Waals surface area contributed by atoms with E-state index in [0.29, 0.717) is 0 Å². The zero-order chi connectivity index (χ0) is 11.6. The molecule has 90 valence electrons. The summed E-state index contributed by atoms with van der Waals surface area (Å²) in [4.78, 5) is 1.23. The van der Waals surface area contributed by atoms with Crippen molar-refractivity contribution in [3.63, 3.8) is 0 Å². The lowest BCUT2D eigenvalue weighted by atomic mass is 10.4. The molecule has 1 rings (SSSR count). The third-order valence-corrected chi connectivity index (χ3v) is 3.28. The third-order valence-electron chi connectivity index (χ3n) is 2.05. The van der Waals surface area contributed by atoms with Gasteiger partial charge in [-0.15, -0.1) is 11.8 Å². The number of benzene rings is 1. The predicted molar refractivity (Wildman–Crippen MR) is 71.5 cm³/mol. The summed E-state index contributed by atoms with van der Waals surface area (Å²) in [5.74, 6) is 1.06. The van der Waals surface area contributed by atoms with Crippen LogP contribution in [0.3, 0.4) is 0 Å². The highest BCUT2D eigenvalue weighted by Crippen LogP contribution is 2.20. The second-order valence-electron chi connectivity index (χ2n) is 3.40. The maximum Gasteiger partial charge on any atom is 0.0474 e. The van der Waals surface area contributed by atoms with Gasteiger partial charge in [0.15, 0.2) is 0 Å². The smallest absolute Gasteiger partial charge is 0.0474 e. The van der Waals surface area contributed by atoms with Crippen molar-refractivity contribution in [2.45, 2.75) is 11.3 Å². The minimum atomic E-state index is 0.804. The topological polar surface area (TPSA) is 21.3 Å². The van der Waals surface area contributed by atoms with Gasteiger partial charge >= 0.3 is 0 Å². The Balaban J connectivity index is 2.03. The van der Waals surface area contributed by atoms with Crippen molar-refractivity contribution >= 4 is 23.4 Å². The Morgan fingerprint density at radius 1 is 1.38 bits per heavy atom. The van der Waals surface area contributed by atoms with Gasteiger partial charge in [-0.3, -0.25) is 0 Å². The van der Waals surface area contributed by atoms with E-state index in [9.17, 15) is 0 Å². The summed E-state index contributed by atoms with van der Waals surface area (Å²) in [5, 5.41) is 4.17. The van der Waals surface area contributed by atoms with Gasteiger partial charge in [-0.05, 0) is 31.2 Å². The number of hydrogen-bond donors (Lipinski definition) is 1. The first-order chi connectivity index (χ1) is 7.83. The van der Waals surface area contributed by atoms with Crippen molar-refractivity contribution in [3.8, 4) is 0 Å². The minimum absolute atomic E-state index is 0.804. The zero-order valence-electron chi connectivity index (χ0n) is 9.54. The molecule has 1 aromatic carbocycles. The van der Waals surface area contributed by atoms with E-state index in [4.69, 9.17) is 16.3 Å². The largest absolute Gasteiger partial charge is 0.385 e. The van der Waals surface area contributed by atoms with Crippen LogP contribution in [0.4, 0.5) is 0 Å². The van der Waals surface area contributed by atoms with Crippen molar-refractivity contribution in [2.24, 2.45) is 0 Å². The first-order valence-electron chi connectivity index (χ1n) is 5.41. The Morgan fingerprint density at radius 3 is 3.00 bits per heavy atom. The number of ether oxygens (including phenoxy) is 1. The zero-order valence-corrected chi connectivity index (χ0v) is 11.1. The van der Waals surface area contributed by atoms with Gasteiger partial charge in [0, 0.05) is 35.9 Å². The maximum atomic E-state index is 5.90. The molecule has 0 aliphatic heterocycles. The molecule has 0 aromatic heterocycles. The van der Waals surface area contributed by atoms with Crippen LogP contribution in [0.25, 0.3) is 0 Å². The van der Waals surface area contributed by atoms with Gasteiger partial charge in [0.25, 0.3) is 0 Å². The molecule has 0 aliphatic carbocycles. The number of hydrogen-bond acceptors (Lipinski definition) is 3. The molecule has 1 N–H and O–H groups in total. The molecule has 0 saturated carbocycles. The van der Waals surface area contributed by atoms with Crippen LogP contribution in [0.2, 0.25) is 5.02 Å². The fourth-order valence-electron chi connectivity index (χ4n) is 1.26. The molecular weight excluding hydrogens is 242 g/mol. The van der Waals surface area contributed by atoms with E-state index in [2.05, 4.69) is 11.4 Å².